The van der Waals surface area contributed by atoms with Crippen molar-refractivity contribution in [3.63, 3.8) is 0 Å². The van der Waals surface area contributed by atoms with E-state index in [-0.39, 0.29) is 5.41 Å². The van der Waals surface area contributed by atoms with Crippen molar-refractivity contribution in [1.29, 1.82) is 0 Å². The molecule has 0 spiro atoms. The van der Waals surface area contributed by atoms with E-state index in [0.29, 0.717) is 6.42 Å². The van der Waals surface area contributed by atoms with Crippen LogP contribution in [0, 0.1) is 12.5 Å². The summed E-state index contributed by atoms with van der Waals surface area (Å²) in [5.41, 5.74) is -0.0465. The van der Waals surface area contributed by atoms with E-state index in [9.17, 15) is 8.42 Å². The standard InChI is InChI=1S/C9H19O3S/c1-8(2,3)7-9(4,5)13(10,11)12-6/h6-7H2,1-5H3. The Bertz CT molecular complexity index is 257. The molecule has 4 heteroatoms. The zero-order valence-corrected chi connectivity index (χ0v) is 9.86. The van der Waals surface area contributed by atoms with Gasteiger partial charge in [-0.25, -0.2) is 0 Å². The van der Waals surface area contributed by atoms with Crippen molar-refractivity contribution in [3.05, 3.63) is 7.11 Å². The first-order chi connectivity index (χ1) is 5.52. The molecule has 0 amide bonds. The minimum Gasteiger partial charge on any atom is -0.267 e. The van der Waals surface area contributed by atoms with E-state index in [1.54, 1.807) is 13.8 Å². The highest BCUT2D eigenvalue weighted by molar-refractivity contribution is 7.88. The van der Waals surface area contributed by atoms with Gasteiger partial charge in [-0.15, -0.1) is 0 Å². The zero-order chi connectivity index (χ0) is 10.9. The lowest BCUT2D eigenvalue weighted by Gasteiger charge is -2.30. The first kappa shape index (κ1) is 12.9. The van der Waals surface area contributed by atoms with Gasteiger partial charge in [-0.1, -0.05) is 20.8 Å². The van der Waals surface area contributed by atoms with Gasteiger partial charge in [-0.3, -0.25) is 4.18 Å². The molecule has 0 aliphatic rings. The highest BCUT2D eigenvalue weighted by Crippen LogP contribution is 2.32. The Morgan fingerprint density at radius 3 is 1.77 bits per heavy atom. The minimum absolute atomic E-state index is 0.0465. The Hall–Kier alpha value is -0.0900. The molecule has 0 bridgehead atoms. The molecular formula is C9H19O3S. The average molecular weight is 207 g/mol. The van der Waals surface area contributed by atoms with Crippen molar-refractivity contribution >= 4 is 10.1 Å². The number of hydrogen-bond acceptors (Lipinski definition) is 3. The molecule has 0 saturated carbocycles. The third-order valence-corrected chi connectivity index (χ3v) is 3.60. The van der Waals surface area contributed by atoms with E-state index >= 15 is 0 Å². The van der Waals surface area contributed by atoms with Gasteiger partial charge in [0.2, 0.25) is 0 Å². The van der Waals surface area contributed by atoms with Crippen LogP contribution in [-0.2, 0) is 14.3 Å². The average Bonchev–Trinajstić information content (AvgIpc) is 1.81. The van der Waals surface area contributed by atoms with Crippen LogP contribution in [0.15, 0.2) is 0 Å². The van der Waals surface area contributed by atoms with Crippen LogP contribution < -0.4 is 0 Å². The lowest BCUT2D eigenvalue weighted by molar-refractivity contribution is 0.308. The van der Waals surface area contributed by atoms with Gasteiger partial charge in [-0.05, 0) is 25.7 Å². The summed E-state index contributed by atoms with van der Waals surface area (Å²) in [6.45, 7) is 9.28. The fourth-order valence-electron chi connectivity index (χ4n) is 1.53. The smallest absolute Gasteiger partial charge is 0.267 e. The number of hydrogen-bond donors (Lipinski definition) is 0. The predicted octanol–water partition coefficient (Wildman–Crippen LogP) is 2.34. The van der Waals surface area contributed by atoms with E-state index < -0.39 is 14.9 Å². The Morgan fingerprint density at radius 1 is 1.15 bits per heavy atom. The van der Waals surface area contributed by atoms with E-state index in [1.807, 2.05) is 20.8 Å². The van der Waals surface area contributed by atoms with Crippen LogP contribution in [0.2, 0.25) is 0 Å². The van der Waals surface area contributed by atoms with Crippen molar-refractivity contribution < 1.29 is 12.6 Å². The molecule has 0 saturated heterocycles. The molecular weight excluding hydrogens is 188 g/mol. The maximum absolute atomic E-state index is 11.4. The van der Waals surface area contributed by atoms with Gasteiger partial charge in [0.1, 0.15) is 0 Å². The van der Waals surface area contributed by atoms with Gasteiger partial charge in [0.25, 0.3) is 10.1 Å². The summed E-state index contributed by atoms with van der Waals surface area (Å²) in [6.07, 6.45) is 0.540. The molecule has 0 rings (SSSR count). The van der Waals surface area contributed by atoms with Crippen LogP contribution in [0.1, 0.15) is 41.0 Å². The Balaban J connectivity index is 4.80. The highest BCUT2D eigenvalue weighted by atomic mass is 32.2. The van der Waals surface area contributed by atoms with E-state index in [1.165, 1.54) is 0 Å². The summed E-state index contributed by atoms with van der Waals surface area (Å²) in [5.74, 6) is 0. The summed E-state index contributed by atoms with van der Waals surface area (Å²) in [7, 11) is -0.576. The van der Waals surface area contributed by atoms with Gasteiger partial charge in [0.05, 0.1) is 11.9 Å². The lowest BCUT2D eigenvalue weighted by Crippen LogP contribution is -2.36. The minimum atomic E-state index is -3.54. The largest absolute Gasteiger partial charge is 0.272 e. The number of rotatable bonds is 3. The molecule has 0 heterocycles. The van der Waals surface area contributed by atoms with E-state index in [4.69, 9.17) is 0 Å². The second-order valence-electron chi connectivity index (χ2n) is 5.07. The summed E-state index contributed by atoms with van der Waals surface area (Å²) in [5, 5.41) is 0. The molecule has 0 aromatic heterocycles. The summed E-state index contributed by atoms with van der Waals surface area (Å²) < 4.78 is 26.2. The van der Waals surface area contributed by atoms with E-state index in [0.717, 1.165) is 0 Å². The highest BCUT2D eigenvalue weighted by Gasteiger charge is 2.38. The van der Waals surface area contributed by atoms with Gasteiger partial charge >= 0.3 is 0 Å². The second-order valence-corrected chi connectivity index (χ2v) is 7.32. The molecule has 79 valence electrons. The first-order valence-corrected chi connectivity index (χ1v) is 5.61. The summed E-state index contributed by atoms with van der Waals surface area (Å²) in [6, 6.07) is 0. The monoisotopic (exact) mass is 207 g/mol. The van der Waals surface area contributed by atoms with Crippen LogP contribution in [0.5, 0.6) is 0 Å². The zero-order valence-electron chi connectivity index (χ0n) is 9.05. The van der Waals surface area contributed by atoms with E-state index in [2.05, 4.69) is 11.3 Å². The third-order valence-electron chi connectivity index (χ3n) is 1.79. The Morgan fingerprint density at radius 2 is 1.54 bits per heavy atom. The Labute approximate surface area is 81.6 Å². The molecule has 13 heavy (non-hydrogen) atoms. The van der Waals surface area contributed by atoms with Crippen molar-refractivity contribution in [2.75, 3.05) is 0 Å². The van der Waals surface area contributed by atoms with Crippen LogP contribution in [0.25, 0.3) is 0 Å². The molecule has 0 aliphatic carbocycles. The van der Waals surface area contributed by atoms with Gasteiger partial charge < -0.3 is 0 Å². The van der Waals surface area contributed by atoms with Crippen LogP contribution in [-0.4, -0.2) is 13.2 Å². The van der Waals surface area contributed by atoms with Crippen molar-refractivity contribution in [1.82, 2.24) is 0 Å². The van der Waals surface area contributed by atoms with Crippen LogP contribution >= 0.6 is 0 Å². The SMILES string of the molecule is [CH2]OS(=O)(=O)C(C)(C)CC(C)(C)C. The molecule has 3 nitrogen and oxygen atoms in total. The molecule has 0 aromatic rings. The van der Waals surface area contributed by atoms with Crippen molar-refractivity contribution in [2.24, 2.45) is 5.41 Å². The van der Waals surface area contributed by atoms with Gasteiger partial charge in [0, 0.05) is 0 Å². The third kappa shape index (κ3) is 3.65. The maximum atomic E-state index is 11.4. The molecule has 0 N–H and O–H groups in total. The molecule has 1 radical (unpaired) electrons. The predicted molar refractivity (Wildman–Crippen MR) is 53.5 cm³/mol. The molecule has 0 atom stereocenters. The molecule has 0 aliphatic heterocycles. The second kappa shape index (κ2) is 3.58. The topological polar surface area (TPSA) is 43.4 Å². The molecule has 0 fully saturated rings. The van der Waals surface area contributed by atoms with Crippen LogP contribution in [0.3, 0.4) is 0 Å². The normalized spacial score (nSPS) is 14.6. The summed E-state index contributed by atoms with van der Waals surface area (Å²) >= 11 is 0. The molecule has 0 unspecified atom stereocenters. The Kier molecular flexibility index (Phi) is 3.55. The maximum Gasteiger partial charge on any atom is 0.272 e. The van der Waals surface area contributed by atoms with Crippen molar-refractivity contribution in [2.45, 2.75) is 45.8 Å². The lowest BCUT2D eigenvalue weighted by atomic mass is 9.86. The fourth-order valence-corrected chi connectivity index (χ4v) is 2.45. The fraction of sp³-hybridized carbons (Fsp3) is 0.889. The van der Waals surface area contributed by atoms with Crippen molar-refractivity contribution in [3.8, 4) is 0 Å². The molecule has 0 aromatic carbocycles. The quantitative estimate of drug-likeness (QED) is 0.667. The van der Waals surface area contributed by atoms with Gasteiger partial charge in [-0.2, -0.15) is 8.42 Å². The van der Waals surface area contributed by atoms with Crippen LogP contribution in [0.4, 0.5) is 0 Å². The first-order valence-electron chi connectivity index (χ1n) is 4.20. The summed E-state index contributed by atoms with van der Waals surface area (Å²) in [4.78, 5) is 0. The van der Waals surface area contributed by atoms with Gasteiger partial charge in [0.15, 0.2) is 0 Å².